The third-order valence-corrected chi connectivity index (χ3v) is 8.40. The molecule has 2 aromatic carbocycles. The summed E-state index contributed by atoms with van der Waals surface area (Å²) in [5.41, 5.74) is 3.39. The highest BCUT2D eigenvalue weighted by atomic mass is 16.6. The van der Waals surface area contributed by atoms with E-state index in [9.17, 15) is 15.3 Å². The summed E-state index contributed by atoms with van der Waals surface area (Å²) in [5.74, 6) is 1.25. The van der Waals surface area contributed by atoms with Gasteiger partial charge >= 0.3 is 0 Å². The largest absolute Gasteiger partial charge is 0.394 e. The number of benzene rings is 2. The topological polar surface area (TPSA) is 141 Å². The van der Waals surface area contributed by atoms with E-state index in [1.165, 1.54) is 11.1 Å². The van der Waals surface area contributed by atoms with Gasteiger partial charge in [0.25, 0.3) is 0 Å². The molecule has 2 saturated heterocycles. The maximum atomic E-state index is 10.7. The summed E-state index contributed by atoms with van der Waals surface area (Å²) in [4.78, 5) is 16.7. The fourth-order valence-corrected chi connectivity index (χ4v) is 5.91. The quantitative estimate of drug-likeness (QED) is 0.191. The van der Waals surface area contributed by atoms with Crippen molar-refractivity contribution in [2.24, 2.45) is 0 Å². The maximum Gasteiger partial charge on any atom is 0.168 e. The Hall–Kier alpha value is -3.45. The Labute approximate surface area is 245 Å². The summed E-state index contributed by atoms with van der Waals surface area (Å²) in [6.07, 6.45) is -0.649. The lowest BCUT2D eigenvalue weighted by Crippen LogP contribution is -2.40. The molecular weight excluding hydrogens is 534 g/mol. The molecular formula is C31H39N7O4. The van der Waals surface area contributed by atoms with E-state index in [-0.39, 0.29) is 5.92 Å². The minimum atomic E-state index is -1.24. The van der Waals surface area contributed by atoms with Crippen LogP contribution >= 0.6 is 0 Å². The van der Waals surface area contributed by atoms with Crippen LogP contribution in [0, 0.1) is 0 Å². The van der Waals surface area contributed by atoms with Crippen LogP contribution in [-0.2, 0) is 11.3 Å². The second-order valence-corrected chi connectivity index (χ2v) is 11.3. The molecule has 2 aliphatic rings. The lowest BCUT2D eigenvalue weighted by atomic mass is 9.91. The van der Waals surface area contributed by atoms with Crippen LogP contribution in [0.5, 0.6) is 0 Å². The third-order valence-electron chi connectivity index (χ3n) is 8.40. The second kappa shape index (κ2) is 12.8. The molecule has 0 aliphatic carbocycles. The number of fused-ring (bicyclic) bond motifs is 1. The van der Waals surface area contributed by atoms with Gasteiger partial charge in [0.1, 0.15) is 24.1 Å². The smallest absolute Gasteiger partial charge is 0.168 e. The van der Waals surface area contributed by atoms with Gasteiger partial charge in [-0.15, -0.1) is 0 Å². The Morgan fingerprint density at radius 1 is 0.952 bits per heavy atom. The van der Waals surface area contributed by atoms with Crippen LogP contribution in [0.2, 0.25) is 0 Å². The van der Waals surface area contributed by atoms with E-state index in [2.05, 4.69) is 51.8 Å². The van der Waals surface area contributed by atoms with Crippen molar-refractivity contribution in [3.05, 3.63) is 83.9 Å². The van der Waals surface area contributed by atoms with Crippen molar-refractivity contribution in [3.8, 4) is 0 Å². The van der Waals surface area contributed by atoms with Crippen molar-refractivity contribution in [2.75, 3.05) is 38.6 Å². The molecule has 0 bridgehead atoms. The normalized spacial score (nSPS) is 23.6. The first-order valence-electron chi connectivity index (χ1n) is 14.6. The van der Waals surface area contributed by atoms with Gasteiger partial charge in [0.2, 0.25) is 0 Å². The fraction of sp³-hybridized carbons (Fsp3) is 0.452. The third kappa shape index (κ3) is 6.03. The van der Waals surface area contributed by atoms with Gasteiger partial charge in [0.05, 0.1) is 19.5 Å². The number of likely N-dealkylation sites (tertiary alicyclic amines) is 1. The molecule has 222 valence electrons. The zero-order valence-electron chi connectivity index (χ0n) is 23.8. The van der Waals surface area contributed by atoms with E-state index < -0.39 is 31.1 Å². The van der Waals surface area contributed by atoms with Crippen LogP contribution in [0.25, 0.3) is 11.2 Å². The second-order valence-electron chi connectivity index (χ2n) is 11.3. The van der Waals surface area contributed by atoms with E-state index in [0.29, 0.717) is 41.9 Å². The molecule has 0 radical (unpaired) electrons. The number of nitrogens with zero attached hydrogens (tertiary/aromatic N) is 5. The standard InChI is InChI=1S/C31H39N7O4/c1-37-14-12-22(13-15-37)32-17-25-35-29(33-16-23(20-8-4-2-5-9-20)21-10-6-3-7-11-21)26-30(36-25)38(19-34-26)31-28(41)27(40)24(18-39)42-31/h2-11,19,22-24,27-28,31-32,39-41H,12-18H2,1H3,(H,33,35,36)/t24-,27-,28-,31-/m1/s1. The first-order chi connectivity index (χ1) is 20.5. The zero-order chi connectivity index (χ0) is 29.1. The molecule has 0 saturated carbocycles. The molecule has 2 aliphatic heterocycles. The molecule has 42 heavy (non-hydrogen) atoms. The van der Waals surface area contributed by atoms with Crippen molar-refractivity contribution in [2.45, 2.75) is 55.9 Å². The van der Waals surface area contributed by atoms with Crippen LogP contribution in [0.15, 0.2) is 67.0 Å². The Bertz CT molecular complexity index is 1410. The Balaban J connectivity index is 1.32. The van der Waals surface area contributed by atoms with E-state index in [1.807, 2.05) is 36.4 Å². The summed E-state index contributed by atoms with van der Waals surface area (Å²) in [6, 6.07) is 21.1. The molecule has 0 spiro atoms. The van der Waals surface area contributed by atoms with Crippen LogP contribution in [0.4, 0.5) is 5.82 Å². The Morgan fingerprint density at radius 3 is 2.24 bits per heavy atom. The number of ether oxygens (including phenoxy) is 1. The van der Waals surface area contributed by atoms with E-state index in [1.54, 1.807) is 10.9 Å². The molecule has 11 nitrogen and oxygen atoms in total. The molecule has 4 heterocycles. The molecule has 5 N–H and O–H groups in total. The fourth-order valence-electron chi connectivity index (χ4n) is 5.91. The average Bonchev–Trinajstić information content (AvgIpc) is 3.58. The highest BCUT2D eigenvalue weighted by molar-refractivity contribution is 5.83. The highest BCUT2D eigenvalue weighted by Gasteiger charge is 2.44. The summed E-state index contributed by atoms with van der Waals surface area (Å²) in [5, 5.41) is 37.9. The van der Waals surface area contributed by atoms with Crippen molar-refractivity contribution in [1.82, 2.24) is 29.7 Å². The SMILES string of the molecule is CN1CCC(NCc2nc(NCC(c3ccccc3)c3ccccc3)c3ncn([C@@H]4O[C@H](CO)[C@@H](O)[C@H]4O)c3n2)CC1. The lowest BCUT2D eigenvalue weighted by molar-refractivity contribution is -0.0511. The number of imidazole rings is 1. The minimum absolute atomic E-state index is 0.0701. The van der Waals surface area contributed by atoms with Gasteiger partial charge in [-0.05, 0) is 44.1 Å². The van der Waals surface area contributed by atoms with Crippen LogP contribution in [-0.4, -0.2) is 97.4 Å². The predicted molar refractivity (Wildman–Crippen MR) is 159 cm³/mol. The molecule has 6 rings (SSSR count). The molecule has 4 atom stereocenters. The first kappa shape index (κ1) is 28.7. The summed E-state index contributed by atoms with van der Waals surface area (Å²) in [6.45, 7) is 2.73. The summed E-state index contributed by atoms with van der Waals surface area (Å²) < 4.78 is 7.44. The van der Waals surface area contributed by atoms with Gasteiger partial charge in [0, 0.05) is 18.5 Å². The number of hydrogen-bond donors (Lipinski definition) is 5. The van der Waals surface area contributed by atoms with E-state index in [0.717, 1.165) is 25.9 Å². The number of nitrogens with one attached hydrogen (secondary N) is 2. The molecule has 11 heteroatoms. The Morgan fingerprint density at radius 2 is 1.62 bits per heavy atom. The average molecular weight is 574 g/mol. The van der Waals surface area contributed by atoms with Crippen molar-refractivity contribution in [1.29, 1.82) is 0 Å². The summed E-state index contributed by atoms with van der Waals surface area (Å²) >= 11 is 0. The number of piperidine rings is 1. The highest BCUT2D eigenvalue weighted by Crippen LogP contribution is 2.33. The Kier molecular flexibility index (Phi) is 8.75. The number of anilines is 1. The molecule has 4 aromatic rings. The molecule has 2 fully saturated rings. The molecule has 0 amide bonds. The van der Waals surface area contributed by atoms with E-state index >= 15 is 0 Å². The maximum absolute atomic E-state index is 10.7. The monoisotopic (exact) mass is 573 g/mol. The van der Waals surface area contributed by atoms with Crippen molar-refractivity contribution >= 4 is 17.0 Å². The number of aromatic nitrogens is 4. The predicted octanol–water partition coefficient (Wildman–Crippen LogP) is 1.87. The first-order valence-corrected chi connectivity index (χ1v) is 14.6. The van der Waals surface area contributed by atoms with Crippen LogP contribution in [0.1, 0.15) is 41.9 Å². The lowest BCUT2D eigenvalue weighted by Gasteiger charge is -2.29. The van der Waals surface area contributed by atoms with Gasteiger partial charge in [0.15, 0.2) is 23.2 Å². The van der Waals surface area contributed by atoms with Gasteiger partial charge in [-0.25, -0.2) is 15.0 Å². The van der Waals surface area contributed by atoms with Gasteiger partial charge in [-0.2, -0.15) is 0 Å². The minimum Gasteiger partial charge on any atom is -0.394 e. The van der Waals surface area contributed by atoms with Gasteiger partial charge in [-0.3, -0.25) is 4.57 Å². The number of aliphatic hydroxyl groups excluding tert-OH is 3. The summed E-state index contributed by atoms with van der Waals surface area (Å²) in [7, 11) is 2.14. The number of hydrogen-bond acceptors (Lipinski definition) is 10. The number of rotatable bonds is 10. The van der Waals surface area contributed by atoms with E-state index in [4.69, 9.17) is 14.7 Å². The van der Waals surface area contributed by atoms with Crippen LogP contribution < -0.4 is 10.6 Å². The van der Waals surface area contributed by atoms with Crippen molar-refractivity contribution < 1.29 is 20.1 Å². The molecule has 2 aromatic heterocycles. The van der Waals surface area contributed by atoms with Crippen molar-refractivity contribution in [3.63, 3.8) is 0 Å². The van der Waals surface area contributed by atoms with Crippen LogP contribution in [0.3, 0.4) is 0 Å². The van der Waals surface area contributed by atoms with Gasteiger partial charge in [-0.1, -0.05) is 60.7 Å². The van der Waals surface area contributed by atoms with Gasteiger partial charge < -0.3 is 35.6 Å². The molecule has 0 unspecified atom stereocenters. The number of aliphatic hydroxyl groups is 3. The zero-order valence-corrected chi connectivity index (χ0v) is 23.8.